The maximum absolute atomic E-state index is 12.3. The molecule has 25 heavy (non-hydrogen) atoms. The number of hydrogen-bond donors (Lipinski definition) is 1. The minimum Gasteiger partial charge on any atom is -0.348 e. The molecule has 0 bridgehead atoms. The number of rotatable bonds is 7. The molecule has 136 valence electrons. The number of nitrogens with zero attached hydrogens (tertiary/aromatic N) is 1. The highest BCUT2D eigenvalue weighted by Crippen LogP contribution is 2.21. The Kier molecular flexibility index (Phi) is 6.37. The molecule has 2 aromatic rings. The number of hydrogen-bond acceptors (Lipinski definition) is 5. The minimum atomic E-state index is -3.20. The number of nitrogens with one attached hydrogen (secondary N) is 1. The highest BCUT2D eigenvalue weighted by Gasteiger charge is 2.17. The molecule has 2 atom stereocenters. The zero-order valence-corrected chi connectivity index (χ0v) is 16.5. The van der Waals surface area contributed by atoms with Gasteiger partial charge in [-0.2, -0.15) is 0 Å². The van der Waals surface area contributed by atoms with Crippen molar-refractivity contribution in [3.8, 4) is 0 Å². The second-order valence-corrected chi connectivity index (χ2v) is 9.23. The third-order valence-electron chi connectivity index (χ3n) is 4.19. The zero-order valence-electron chi connectivity index (χ0n) is 14.9. The summed E-state index contributed by atoms with van der Waals surface area (Å²) in [7, 11) is -1.32. The summed E-state index contributed by atoms with van der Waals surface area (Å²) in [6, 6.07) is 10.8. The second kappa shape index (κ2) is 8.12. The molecule has 2 unspecified atom stereocenters. The van der Waals surface area contributed by atoms with Gasteiger partial charge in [-0.25, -0.2) is 8.42 Å². The van der Waals surface area contributed by atoms with Gasteiger partial charge < -0.3 is 5.32 Å². The molecule has 1 aromatic heterocycles. The van der Waals surface area contributed by atoms with E-state index in [9.17, 15) is 13.2 Å². The van der Waals surface area contributed by atoms with Crippen LogP contribution < -0.4 is 5.32 Å². The number of carbonyl (C=O) groups excluding carboxylic acids is 1. The van der Waals surface area contributed by atoms with Crippen LogP contribution in [0.5, 0.6) is 0 Å². The Morgan fingerprint density at radius 1 is 1.20 bits per heavy atom. The highest BCUT2D eigenvalue weighted by atomic mass is 32.2. The van der Waals surface area contributed by atoms with Crippen molar-refractivity contribution in [2.75, 3.05) is 19.8 Å². The van der Waals surface area contributed by atoms with E-state index in [4.69, 9.17) is 0 Å². The summed E-state index contributed by atoms with van der Waals surface area (Å²) < 4.78 is 23.1. The van der Waals surface area contributed by atoms with Crippen LogP contribution in [0.15, 0.2) is 46.7 Å². The number of carbonyl (C=O) groups is 1. The molecule has 1 aromatic carbocycles. The van der Waals surface area contributed by atoms with Gasteiger partial charge in [-0.15, -0.1) is 11.3 Å². The first kappa shape index (κ1) is 19.6. The molecule has 0 aliphatic rings. The summed E-state index contributed by atoms with van der Waals surface area (Å²) in [6.07, 6.45) is 1.19. The van der Waals surface area contributed by atoms with E-state index in [1.807, 2.05) is 43.3 Å². The van der Waals surface area contributed by atoms with Crippen LogP contribution in [-0.4, -0.2) is 39.1 Å². The van der Waals surface area contributed by atoms with Crippen LogP contribution in [-0.2, 0) is 14.6 Å². The smallest absolute Gasteiger partial charge is 0.234 e. The topological polar surface area (TPSA) is 66.5 Å². The van der Waals surface area contributed by atoms with Crippen molar-refractivity contribution in [2.45, 2.75) is 30.8 Å². The van der Waals surface area contributed by atoms with E-state index in [-0.39, 0.29) is 24.5 Å². The molecule has 0 saturated heterocycles. The lowest BCUT2D eigenvalue weighted by molar-refractivity contribution is -0.123. The number of amides is 1. The lowest BCUT2D eigenvalue weighted by Crippen LogP contribution is -2.37. The molecule has 5 nitrogen and oxygen atoms in total. The van der Waals surface area contributed by atoms with E-state index in [1.54, 1.807) is 35.6 Å². The molecule has 0 aliphatic heterocycles. The van der Waals surface area contributed by atoms with Crippen LogP contribution in [0.25, 0.3) is 0 Å². The van der Waals surface area contributed by atoms with Crippen molar-refractivity contribution in [1.82, 2.24) is 10.2 Å². The van der Waals surface area contributed by atoms with E-state index in [1.165, 1.54) is 6.26 Å². The minimum absolute atomic E-state index is 0.00333. The highest BCUT2D eigenvalue weighted by molar-refractivity contribution is 7.90. The Bertz CT molecular complexity index is 799. The maximum atomic E-state index is 12.3. The number of thiophene rings is 1. The van der Waals surface area contributed by atoms with Crippen LogP contribution in [0, 0.1) is 0 Å². The van der Waals surface area contributed by atoms with Gasteiger partial charge in [0, 0.05) is 17.2 Å². The normalized spacial score (nSPS) is 14.3. The molecule has 2 rings (SSSR count). The summed E-state index contributed by atoms with van der Waals surface area (Å²) in [5.41, 5.74) is 0.967. The van der Waals surface area contributed by atoms with Gasteiger partial charge in [0.1, 0.15) is 0 Å². The number of likely N-dealkylation sites (N-methyl/N-ethyl adjacent to an activating group) is 1. The number of benzene rings is 1. The van der Waals surface area contributed by atoms with Crippen molar-refractivity contribution in [3.63, 3.8) is 0 Å². The third-order valence-corrected chi connectivity index (χ3v) is 6.38. The van der Waals surface area contributed by atoms with Crippen LogP contribution in [0.4, 0.5) is 0 Å². The average Bonchev–Trinajstić information content (AvgIpc) is 3.07. The Balaban J connectivity index is 1.95. The monoisotopic (exact) mass is 380 g/mol. The molecule has 7 heteroatoms. The van der Waals surface area contributed by atoms with Crippen LogP contribution in [0.3, 0.4) is 0 Å². The fraction of sp³-hybridized carbons (Fsp3) is 0.389. The van der Waals surface area contributed by atoms with Gasteiger partial charge in [-0.3, -0.25) is 9.69 Å². The molecular weight excluding hydrogens is 356 g/mol. The summed E-state index contributed by atoms with van der Waals surface area (Å²) in [6.45, 7) is 4.23. The van der Waals surface area contributed by atoms with E-state index < -0.39 is 9.84 Å². The molecular formula is C18H24N2O3S2. The second-order valence-electron chi connectivity index (χ2n) is 6.24. The molecule has 0 spiro atoms. The van der Waals surface area contributed by atoms with E-state index in [2.05, 4.69) is 5.32 Å². The molecule has 0 fully saturated rings. The molecule has 1 amide bonds. The van der Waals surface area contributed by atoms with Crippen molar-refractivity contribution in [3.05, 3.63) is 52.2 Å². The quantitative estimate of drug-likeness (QED) is 0.802. The van der Waals surface area contributed by atoms with Crippen molar-refractivity contribution in [2.24, 2.45) is 0 Å². The van der Waals surface area contributed by atoms with Crippen molar-refractivity contribution >= 4 is 27.1 Å². The summed E-state index contributed by atoms with van der Waals surface area (Å²) in [5.74, 6) is -0.0389. The lowest BCUT2D eigenvalue weighted by atomic mass is 10.1. The fourth-order valence-electron chi connectivity index (χ4n) is 2.51. The van der Waals surface area contributed by atoms with Gasteiger partial charge in [0.25, 0.3) is 0 Å². The zero-order chi connectivity index (χ0) is 18.6. The predicted molar refractivity (Wildman–Crippen MR) is 101 cm³/mol. The number of sulfone groups is 1. The van der Waals surface area contributed by atoms with Crippen molar-refractivity contribution in [1.29, 1.82) is 0 Å². The van der Waals surface area contributed by atoms with Crippen LogP contribution in [0.2, 0.25) is 0 Å². The van der Waals surface area contributed by atoms with Gasteiger partial charge in [0.2, 0.25) is 5.91 Å². The predicted octanol–water partition coefficient (Wildman–Crippen LogP) is 3.02. The summed E-state index contributed by atoms with van der Waals surface area (Å²) in [4.78, 5) is 15.6. The first-order valence-electron chi connectivity index (χ1n) is 8.01. The van der Waals surface area contributed by atoms with Crippen molar-refractivity contribution < 1.29 is 13.2 Å². The first-order valence-corrected chi connectivity index (χ1v) is 10.8. The van der Waals surface area contributed by atoms with E-state index in [0.29, 0.717) is 4.90 Å². The first-order chi connectivity index (χ1) is 11.7. The molecule has 0 aliphatic carbocycles. The maximum Gasteiger partial charge on any atom is 0.234 e. The Morgan fingerprint density at radius 3 is 2.36 bits per heavy atom. The van der Waals surface area contributed by atoms with Gasteiger partial charge >= 0.3 is 0 Å². The average molecular weight is 381 g/mol. The van der Waals surface area contributed by atoms with E-state index >= 15 is 0 Å². The summed E-state index contributed by atoms with van der Waals surface area (Å²) in [5, 5.41) is 4.99. The molecule has 0 saturated carbocycles. The molecule has 0 radical (unpaired) electrons. The summed E-state index contributed by atoms with van der Waals surface area (Å²) >= 11 is 1.62. The Morgan fingerprint density at radius 2 is 1.84 bits per heavy atom. The Labute approximate surface area is 153 Å². The standard InChI is InChI=1S/C18H24N2O3S2/c1-13(17-6-5-11-24-17)19-18(21)12-20(3)14(2)15-7-9-16(10-8-15)25(4,22)23/h5-11,13-14H,12H2,1-4H3,(H,19,21). The lowest BCUT2D eigenvalue weighted by Gasteiger charge is -2.25. The largest absolute Gasteiger partial charge is 0.348 e. The van der Waals surface area contributed by atoms with Gasteiger partial charge in [-0.05, 0) is 50.0 Å². The van der Waals surface area contributed by atoms with Gasteiger partial charge in [0.15, 0.2) is 9.84 Å². The SMILES string of the molecule is CC(NC(=O)CN(C)C(C)c1ccc(S(C)(=O)=O)cc1)c1cccs1. The molecule has 1 heterocycles. The van der Waals surface area contributed by atoms with Crippen LogP contribution >= 0.6 is 11.3 Å². The van der Waals surface area contributed by atoms with Crippen LogP contribution in [0.1, 0.15) is 36.4 Å². The van der Waals surface area contributed by atoms with Gasteiger partial charge in [0.05, 0.1) is 17.5 Å². The molecule has 1 N–H and O–H groups in total. The Hall–Kier alpha value is -1.70. The fourth-order valence-corrected chi connectivity index (χ4v) is 3.87. The van der Waals surface area contributed by atoms with Gasteiger partial charge in [-0.1, -0.05) is 18.2 Å². The van der Waals surface area contributed by atoms with E-state index in [0.717, 1.165) is 10.4 Å². The third kappa shape index (κ3) is 5.39.